The number of halogens is 4. The first kappa shape index (κ1) is 29.7. The van der Waals surface area contributed by atoms with E-state index in [1.165, 1.54) is 61.5 Å². The van der Waals surface area contributed by atoms with Gasteiger partial charge in [0.15, 0.2) is 0 Å². The highest BCUT2D eigenvalue weighted by atomic mass is 35.5. The Hall–Kier alpha value is -3.77. The van der Waals surface area contributed by atoms with Crippen molar-refractivity contribution >= 4 is 67.8 Å². The topological polar surface area (TPSA) is 108 Å². The van der Waals surface area contributed by atoms with E-state index in [1.54, 1.807) is 6.07 Å². The fourth-order valence-electron chi connectivity index (χ4n) is 4.67. The highest BCUT2D eigenvalue weighted by Gasteiger charge is 2.44. The van der Waals surface area contributed by atoms with Crippen molar-refractivity contribution in [1.82, 2.24) is 4.57 Å². The molecule has 0 saturated heterocycles. The number of hydrogen-bond acceptors (Lipinski definition) is 7. The van der Waals surface area contributed by atoms with Gasteiger partial charge in [-0.1, -0.05) is 53.5 Å². The molecule has 2 N–H and O–H groups in total. The van der Waals surface area contributed by atoms with Crippen LogP contribution in [0, 0.1) is 11.6 Å². The zero-order valence-electron chi connectivity index (χ0n) is 21.6. The third kappa shape index (κ3) is 4.96. The summed E-state index contributed by atoms with van der Waals surface area (Å²) >= 11 is 13.3. The van der Waals surface area contributed by atoms with Gasteiger partial charge in [0.1, 0.15) is 27.0 Å². The summed E-state index contributed by atoms with van der Waals surface area (Å²) in [5, 5.41) is -0.181. The second-order valence-corrected chi connectivity index (χ2v) is 12.7. The summed E-state index contributed by atoms with van der Waals surface area (Å²) in [6, 6.07) is 14.8. The third-order valence-corrected chi connectivity index (χ3v) is 10.2. The first-order valence-corrected chi connectivity index (χ1v) is 15.4. The van der Waals surface area contributed by atoms with Gasteiger partial charge in [0.2, 0.25) is 9.84 Å². The summed E-state index contributed by atoms with van der Waals surface area (Å²) in [6.07, 6.45) is 1.17. The Labute approximate surface area is 252 Å². The van der Waals surface area contributed by atoms with Crippen molar-refractivity contribution in [3.8, 4) is 0 Å². The van der Waals surface area contributed by atoms with E-state index in [9.17, 15) is 22.4 Å². The lowest BCUT2D eigenvalue weighted by Gasteiger charge is -2.28. The number of nitrogens with two attached hydrogens (primary N) is 1. The van der Waals surface area contributed by atoms with Gasteiger partial charge in [-0.3, -0.25) is 9.36 Å². The van der Waals surface area contributed by atoms with E-state index in [-0.39, 0.29) is 47.4 Å². The van der Waals surface area contributed by atoms with Crippen molar-refractivity contribution in [2.45, 2.75) is 17.7 Å². The van der Waals surface area contributed by atoms with Gasteiger partial charge < -0.3 is 10.5 Å². The van der Waals surface area contributed by atoms with Gasteiger partial charge in [-0.05, 0) is 49.4 Å². The van der Waals surface area contributed by atoms with Crippen LogP contribution in [0.3, 0.4) is 0 Å². The van der Waals surface area contributed by atoms with Gasteiger partial charge in [-0.2, -0.15) is 0 Å². The van der Waals surface area contributed by atoms with Gasteiger partial charge in [0, 0.05) is 16.1 Å². The number of rotatable bonds is 6. The Morgan fingerprint density at radius 2 is 1.67 bits per heavy atom. The number of esters is 1. The van der Waals surface area contributed by atoms with Crippen LogP contribution >= 0.6 is 34.5 Å². The third-order valence-electron chi connectivity index (χ3n) is 6.50. The van der Waals surface area contributed by atoms with Crippen molar-refractivity contribution < 1.29 is 26.7 Å². The van der Waals surface area contributed by atoms with Crippen LogP contribution in [-0.2, 0) is 19.4 Å². The predicted octanol–water partition coefficient (Wildman–Crippen LogP) is 4.39. The second-order valence-electron chi connectivity index (χ2n) is 8.96. The fourth-order valence-corrected chi connectivity index (χ4v) is 7.99. The molecule has 0 spiro atoms. The molecule has 3 aromatic carbocycles. The number of hydrogen-bond donors (Lipinski definition) is 1. The van der Waals surface area contributed by atoms with E-state index < -0.39 is 49.6 Å². The van der Waals surface area contributed by atoms with Gasteiger partial charge in [-0.25, -0.2) is 22.0 Å². The molecule has 4 aromatic rings. The Morgan fingerprint density at radius 3 is 2.29 bits per heavy atom. The maximum absolute atomic E-state index is 15.5. The standard InChI is InChI=1S/C29H20Cl2F2N2O5S2/c1-2-40-29(37)24-23(22-18(31)11-7-13-20(22)33)25(42(38,39)15-8-4-3-5-9-15)26(34)35-27(36)21(41-28(24)35)14-16-17(30)10-6-12-19(16)32/h3-14,23H,2,34H2,1H3/t23-/m0/s1. The number of fused-ring (bicyclic) bond motifs is 1. The lowest BCUT2D eigenvalue weighted by atomic mass is 9.89. The molecule has 2 heterocycles. The number of thiazole rings is 1. The number of carbonyl (C=O) groups is 1. The number of carbonyl (C=O) groups excluding carboxylic acids is 1. The molecule has 13 heteroatoms. The molecule has 1 aromatic heterocycles. The van der Waals surface area contributed by atoms with E-state index in [0.717, 1.165) is 16.7 Å². The van der Waals surface area contributed by atoms with E-state index in [1.807, 2.05) is 0 Å². The van der Waals surface area contributed by atoms with Gasteiger partial charge in [0.25, 0.3) is 5.56 Å². The van der Waals surface area contributed by atoms with Crippen molar-refractivity contribution in [2.24, 2.45) is 5.73 Å². The number of nitrogens with zero attached hydrogens (tertiary/aromatic N) is 1. The molecule has 1 atom stereocenters. The minimum Gasteiger partial charge on any atom is -0.463 e. The molecule has 216 valence electrons. The Bertz CT molecular complexity index is 2030. The molecule has 0 saturated carbocycles. The quantitative estimate of drug-likeness (QED) is 0.311. The normalized spacial score (nSPS) is 15.6. The molecular weight excluding hydrogens is 629 g/mol. The molecule has 0 aliphatic carbocycles. The van der Waals surface area contributed by atoms with Gasteiger partial charge >= 0.3 is 5.97 Å². The first-order chi connectivity index (χ1) is 20.0. The number of sulfone groups is 1. The van der Waals surface area contributed by atoms with Gasteiger partial charge in [0.05, 0.1) is 32.5 Å². The summed E-state index contributed by atoms with van der Waals surface area (Å²) in [4.78, 5) is 26.5. The molecular formula is C29H20Cl2F2N2O5S2. The molecule has 0 radical (unpaired) electrons. The number of ether oxygens (including phenoxy) is 1. The smallest absolute Gasteiger partial charge is 0.338 e. The molecule has 1 aliphatic heterocycles. The van der Waals surface area contributed by atoms with E-state index >= 15 is 4.39 Å². The predicted molar refractivity (Wildman–Crippen MR) is 158 cm³/mol. The lowest BCUT2D eigenvalue weighted by Crippen LogP contribution is -2.41. The summed E-state index contributed by atoms with van der Waals surface area (Å²) in [5.41, 5.74) is 4.77. The average molecular weight is 650 g/mol. The van der Waals surface area contributed by atoms with Crippen molar-refractivity contribution in [1.29, 1.82) is 0 Å². The van der Waals surface area contributed by atoms with Crippen LogP contribution in [0.4, 0.5) is 8.78 Å². The fraction of sp³-hybridized carbons (Fsp3) is 0.103. The highest BCUT2D eigenvalue weighted by molar-refractivity contribution is 7.95. The van der Waals surface area contributed by atoms with Crippen LogP contribution in [0.1, 0.15) is 24.0 Å². The van der Waals surface area contributed by atoms with Gasteiger partial charge in [-0.15, -0.1) is 11.3 Å². The summed E-state index contributed by atoms with van der Waals surface area (Å²) in [6.45, 7) is 1.40. The molecule has 42 heavy (non-hydrogen) atoms. The number of aromatic nitrogens is 1. The average Bonchev–Trinajstić information content (AvgIpc) is 3.27. The van der Waals surface area contributed by atoms with Crippen LogP contribution in [0.5, 0.6) is 0 Å². The highest BCUT2D eigenvalue weighted by Crippen LogP contribution is 2.45. The largest absolute Gasteiger partial charge is 0.463 e. The molecule has 0 fully saturated rings. The van der Waals surface area contributed by atoms with E-state index in [2.05, 4.69) is 0 Å². The molecule has 0 bridgehead atoms. The summed E-state index contributed by atoms with van der Waals surface area (Å²) < 4.78 is 64.4. The second kappa shape index (κ2) is 11.5. The molecule has 1 aliphatic rings. The summed E-state index contributed by atoms with van der Waals surface area (Å²) in [7, 11) is -4.59. The zero-order valence-corrected chi connectivity index (χ0v) is 24.8. The SMILES string of the molecule is CCOC(=O)C1=c2sc(=Cc3c(F)cccc3Cl)c(=O)n2C(N)=C(S(=O)(=O)c2ccccc2)[C@H]1c1c(F)cccc1Cl. The van der Waals surface area contributed by atoms with Crippen LogP contribution < -0.4 is 20.5 Å². The van der Waals surface area contributed by atoms with Crippen LogP contribution in [0.15, 0.2) is 81.3 Å². The maximum atomic E-state index is 15.5. The van der Waals surface area contributed by atoms with E-state index in [4.69, 9.17) is 33.7 Å². The molecule has 5 rings (SSSR count). The minimum absolute atomic E-state index is 0.00670. The molecule has 0 unspecified atom stereocenters. The Morgan fingerprint density at radius 1 is 1.02 bits per heavy atom. The van der Waals surface area contributed by atoms with Crippen molar-refractivity contribution in [3.63, 3.8) is 0 Å². The number of benzene rings is 3. The van der Waals surface area contributed by atoms with E-state index in [0.29, 0.717) is 11.3 Å². The molecule has 7 nitrogen and oxygen atoms in total. The zero-order chi connectivity index (χ0) is 30.3. The van der Waals surface area contributed by atoms with Crippen molar-refractivity contribution in [3.05, 3.63) is 124 Å². The van der Waals surface area contributed by atoms with Crippen molar-refractivity contribution in [2.75, 3.05) is 6.61 Å². The maximum Gasteiger partial charge on any atom is 0.338 e. The molecule has 0 amide bonds. The monoisotopic (exact) mass is 648 g/mol. The lowest BCUT2D eigenvalue weighted by molar-refractivity contribution is -0.136. The minimum atomic E-state index is -4.59. The van der Waals surface area contributed by atoms with Crippen LogP contribution in [0.25, 0.3) is 17.5 Å². The Balaban J connectivity index is 1.99. The van der Waals surface area contributed by atoms with Crippen LogP contribution in [-0.4, -0.2) is 25.6 Å². The summed E-state index contributed by atoms with van der Waals surface area (Å²) in [5.74, 6) is -4.95. The first-order valence-electron chi connectivity index (χ1n) is 12.3. The van der Waals surface area contributed by atoms with Crippen LogP contribution in [0.2, 0.25) is 10.0 Å². The Kier molecular flexibility index (Phi) is 8.13. The number of allylic oxidation sites excluding steroid dienone is 1.